The third kappa shape index (κ3) is 2.78. The second-order valence-corrected chi connectivity index (χ2v) is 3.56. The summed E-state index contributed by atoms with van der Waals surface area (Å²) < 4.78 is 0. The van der Waals surface area contributed by atoms with Gasteiger partial charge in [0.2, 0.25) is 5.95 Å². The van der Waals surface area contributed by atoms with Crippen molar-refractivity contribution in [2.45, 2.75) is 6.92 Å². The fraction of sp³-hybridized carbons (Fsp3) is 0.0833. The number of rotatable bonds is 3. The number of benzene rings is 1. The van der Waals surface area contributed by atoms with E-state index in [0.717, 1.165) is 5.69 Å². The lowest BCUT2D eigenvalue weighted by Gasteiger charge is -2.06. The van der Waals surface area contributed by atoms with Gasteiger partial charge in [-0.2, -0.15) is 4.98 Å². The average Bonchev–Trinajstić information content (AvgIpc) is 2.29. The van der Waals surface area contributed by atoms with E-state index >= 15 is 0 Å². The molecule has 0 aliphatic rings. The molecule has 0 aliphatic carbocycles. The summed E-state index contributed by atoms with van der Waals surface area (Å²) in [7, 11) is 0. The lowest BCUT2D eigenvalue weighted by Crippen LogP contribution is -2.00. The Hall–Kier alpha value is -2.43. The second kappa shape index (κ2) is 4.61. The maximum absolute atomic E-state index is 11.2. The number of nitrogen functional groups attached to an aromatic ring is 1. The molecule has 0 aliphatic heterocycles. The number of hydrogen-bond acceptors (Lipinski definition) is 5. The molecular weight excluding hydrogens is 216 g/mol. The molecule has 0 spiro atoms. The molecule has 0 bridgehead atoms. The van der Waals surface area contributed by atoms with Crippen LogP contribution in [0.5, 0.6) is 0 Å². The number of anilines is 3. The highest BCUT2D eigenvalue weighted by atomic mass is 16.1. The maximum atomic E-state index is 11.2. The summed E-state index contributed by atoms with van der Waals surface area (Å²) in [5.74, 6) is 0.826. The Morgan fingerprint density at radius 1 is 1.35 bits per heavy atom. The van der Waals surface area contributed by atoms with Gasteiger partial charge in [-0.1, -0.05) is 12.1 Å². The van der Waals surface area contributed by atoms with E-state index < -0.39 is 0 Å². The van der Waals surface area contributed by atoms with Gasteiger partial charge in [-0.3, -0.25) is 4.79 Å². The van der Waals surface area contributed by atoms with Gasteiger partial charge < -0.3 is 11.1 Å². The van der Waals surface area contributed by atoms with Crippen LogP contribution in [0, 0.1) is 0 Å². The van der Waals surface area contributed by atoms with Crippen LogP contribution in [0.2, 0.25) is 0 Å². The smallest absolute Gasteiger partial charge is 0.221 e. The molecule has 0 radical (unpaired) electrons. The lowest BCUT2D eigenvalue weighted by molar-refractivity contribution is 0.101. The molecule has 1 heterocycles. The summed E-state index contributed by atoms with van der Waals surface area (Å²) in [6.45, 7) is 1.53. The number of aromatic nitrogens is 2. The van der Waals surface area contributed by atoms with E-state index in [4.69, 9.17) is 5.73 Å². The standard InChI is InChI=1S/C12H12N4O/c1-8(17)9-3-2-4-10(7-9)15-11-5-6-14-12(13)16-11/h2-7H,1H3,(H3,13,14,15,16). The molecule has 1 aromatic carbocycles. The van der Waals surface area contributed by atoms with Crippen molar-refractivity contribution < 1.29 is 4.79 Å². The van der Waals surface area contributed by atoms with Gasteiger partial charge in [0.1, 0.15) is 5.82 Å². The minimum Gasteiger partial charge on any atom is -0.368 e. The molecule has 17 heavy (non-hydrogen) atoms. The Bertz CT molecular complexity index is 554. The van der Waals surface area contributed by atoms with E-state index in [1.807, 2.05) is 12.1 Å². The number of nitrogens with two attached hydrogens (primary N) is 1. The van der Waals surface area contributed by atoms with Crippen molar-refractivity contribution in [3.05, 3.63) is 42.1 Å². The summed E-state index contributed by atoms with van der Waals surface area (Å²) in [6.07, 6.45) is 1.57. The Labute approximate surface area is 98.7 Å². The van der Waals surface area contributed by atoms with Gasteiger partial charge in [-0.25, -0.2) is 4.98 Å². The molecule has 0 atom stereocenters. The molecule has 0 amide bonds. The summed E-state index contributed by atoms with van der Waals surface area (Å²) in [5.41, 5.74) is 6.91. The maximum Gasteiger partial charge on any atom is 0.221 e. The van der Waals surface area contributed by atoms with Gasteiger partial charge in [0, 0.05) is 17.4 Å². The summed E-state index contributed by atoms with van der Waals surface area (Å²) in [5, 5.41) is 3.06. The van der Waals surface area contributed by atoms with Crippen LogP contribution in [0.15, 0.2) is 36.5 Å². The number of nitrogens with one attached hydrogen (secondary N) is 1. The van der Waals surface area contributed by atoms with Gasteiger partial charge in [-0.05, 0) is 25.1 Å². The second-order valence-electron chi connectivity index (χ2n) is 3.56. The average molecular weight is 228 g/mol. The van der Waals surface area contributed by atoms with Crippen LogP contribution in [0.25, 0.3) is 0 Å². The van der Waals surface area contributed by atoms with Crippen molar-refractivity contribution in [1.82, 2.24) is 9.97 Å². The molecule has 0 saturated carbocycles. The number of carbonyl (C=O) groups excluding carboxylic acids is 1. The third-order valence-electron chi connectivity index (χ3n) is 2.22. The predicted molar refractivity (Wildman–Crippen MR) is 66.2 cm³/mol. The summed E-state index contributed by atoms with van der Waals surface area (Å²) >= 11 is 0. The highest BCUT2D eigenvalue weighted by Crippen LogP contribution is 2.16. The van der Waals surface area contributed by atoms with Crippen LogP contribution in [-0.2, 0) is 0 Å². The first-order chi connectivity index (χ1) is 8.15. The zero-order valence-electron chi connectivity index (χ0n) is 9.34. The highest BCUT2D eigenvalue weighted by molar-refractivity contribution is 5.95. The first-order valence-corrected chi connectivity index (χ1v) is 5.12. The number of nitrogens with zero attached hydrogens (tertiary/aromatic N) is 2. The molecule has 0 saturated heterocycles. The van der Waals surface area contributed by atoms with Crippen molar-refractivity contribution in [3.8, 4) is 0 Å². The fourth-order valence-electron chi connectivity index (χ4n) is 1.41. The molecule has 5 heteroatoms. The molecule has 5 nitrogen and oxygen atoms in total. The largest absolute Gasteiger partial charge is 0.368 e. The Kier molecular flexibility index (Phi) is 3.00. The fourth-order valence-corrected chi connectivity index (χ4v) is 1.41. The van der Waals surface area contributed by atoms with Crippen molar-refractivity contribution in [2.24, 2.45) is 0 Å². The lowest BCUT2D eigenvalue weighted by atomic mass is 10.1. The van der Waals surface area contributed by atoms with Crippen LogP contribution in [0.3, 0.4) is 0 Å². The minimum atomic E-state index is 0.0239. The monoisotopic (exact) mass is 228 g/mol. The number of Topliss-reactive ketones (excluding diaryl/α,β-unsaturated/α-hetero) is 1. The van der Waals surface area contributed by atoms with Crippen molar-refractivity contribution in [2.75, 3.05) is 11.1 Å². The molecule has 0 unspecified atom stereocenters. The van der Waals surface area contributed by atoms with Gasteiger partial charge in [0.15, 0.2) is 5.78 Å². The number of hydrogen-bond donors (Lipinski definition) is 2. The van der Waals surface area contributed by atoms with E-state index in [9.17, 15) is 4.79 Å². The number of ketones is 1. The quantitative estimate of drug-likeness (QED) is 0.785. The molecule has 2 rings (SSSR count). The highest BCUT2D eigenvalue weighted by Gasteiger charge is 2.01. The molecule has 86 valence electrons. The van der Waals surface area contributed by atoms with Crippen molar-refractivity contribution in [1.29, 1.82) is 0 Å². The van der Waals surface area contributed by atoms with Crippen LogP contribution >= 0.6 is 0 Å². The first-order valence-electron chi connectivity index (χ1n) is 5.12. The normalized spacial score (nSPS) is 9.94. The SMILES string of the molecule is CC(=O)c1cccc(Nc2ccnc(N)n2)c1. The Balaban J connectivity index is 2.24. The van der Waals surface area contributed by atoms with E-state index in [0.29, 0.717) is 11.4 Å². The van der Waals surface area contributed by atoms with Crippen LogP contribution in [0.1, 0.15) is 17.3 Å². The van der Waals surface area contributed by atoms with Gasteiger partial charge >= 0.3 is 0 Å². The minimum absolute atomic E-state index is 0.0239. The van der Waals surface area contributed by atoms with Crippen LogP contribution < -0.4 is 11.1 Å². The summed E-state index contributed by atoms with van der Waals surface area (Å²) in [4.78, 5) is 19.0. The Morgan fingerprint density at radius 3 is 2.88 bits per heavy atom. The van der Waals surface area contributed by atoms with Crippen LogP contribution in [-0.4, -0.2) is 15.8 Å². The summed E-state index contributed by atoms with van der Waals surface area (Å²) in [6, 6.07) is 8.90. The van der Waals surface area contributed by atoms with Gasteiger partial charge in [0.05, 0.1) is 0 Å². The first kappa shape index (κ1) is 11.1. The van der Waals surface area contributed by atoms with E-state index in [1.165, 1.54) is 6.92 Å². The topological polar surface area (TPSA) is 80.9 Å². The molecule has 3 N–H and O–H groups in total. The molecule has 0 fully saturated rings. The van der Waals surface area contributed by atoms with E-state index in [1.54, 1.807) is 24.4 Å². The zero-order chi connectivity index (χ0) is 12.3. The van der Waals surface area contributed by atoms with Gasteiger partial charge in [0.25, 0.3) is 0 Å². The third-order valence-corrected chi connectivity index (χ3v) is 2.22. The number of carbonyl (C=O) groups is 1. The molecular formula is C12H12N4O. The van der Waals surface area contributed by atoms with Crippen molar-refractivity contribution in [3.63, 3.8) is 0 Å². The molecule has 1 aromatic heterocycles. The zero-order valence-corrected chi connectivity index (χ0v) is 9.34. The van der Waals surface area contributed by atoms with Crippen molar-refractivity contribution >= 4 is 23.2 Å². The van der Waals surface area contributed by atoms with Crippen LogP contribution in [0.4, 0.5) is 17.5 Å². The van der Waals surface area contributed by atoms with E-state index in [-0.39, 0.29) is 11.7 Å². The van der Waals surface area contributed by atoms with Gasteiger partial charge in [-0.15, -0.1) is 0 Å². The van der Waals surface area contributed by atoms with E-state index in [2.05, 4.69) is 15.3 Å². The predicted octanol–water partition coefficient (Wildman–Crippen LogP) is 2.00. The Morgan fingerprint density at radius 2 is 2.18 bits per heavy atom. The molecule has 2 aromatic rings.